The zero-order valence-corrected chi connectivity index (χ0v) is 15.5. The highest BCUT2D eigenvalue weighted by Crippen LogP contribution is 2.36. The predicted molar refractivity (Wildman–Crippen MR) is 92.5 cm³/mol. The molecule has 25 heavy (non-hydrogen) atoms. The summed E-state index contributed by atoms with van der Waals surface area (Å²) >= 11 is 6.49. The number of aliphatic hydroxyl groups is 1. The van der Waals surface area contributed by atoms with Crippen LogP contribution in [0.4, 0.5) is 5.00 Å². The maximum atomic E-state index is 12.7. The fourth-order valence-corrected chi connectivity index (χ4v) is 4.83. The Balaban J connectivity index is 2.54. The van der Waals surface area contributed by atoms with E-state index in [1.165, 1.54) is 32.2 Å². The average molecular weight is 404 g/mol. The second-order valence-corrected chi connectivity index (χ2v) is 9.03. The Hall–Kier alpha value is -2.01. The number of nitrogens with one attached hydrogen (secondary N) is 1. The van der Waals surface area contributed by atoms with Gasteiger partial charge in [0.05, 0.1) is 10.6 Å². The lowest BCUT2D eigenvalue weighted by Gasteiger charge is -2.16. The highest BCUT2D eigenvalue weighted by molar-refractivity contribution is 7.93. The van der Waals surface area contributed by atoms with Crippen LogP contribution in [0.25, 0.3) is 0 Å². The van der Waals surface area contributed by atoms with E-state index in [1.54, 1.807) is 0 Å². The molecule has 4 N–H and O–H groups in total. The number of primary amides is 1. The lowest BCUT2D eigenvalue weighted by Crippen LogP contribution is -2.36. The number of rotatable bonds is 5. The molecule has 2 rings (SSSR count). The molecule has 0 spiro atoms. The molecule has 0 aliphatic heterocycles. The highest BCUT2D eigenvalue weighted by Gasteiger charge is 2.30. The van der Waals surface area contributed by atoms with Gasteiger partial charge in [0.2, 0.25) is 9.84 Å². The molecule has 2 amide bonds. The van der Waals surface area contributed by atoms with E-state index in [0.29, 0.717) is 11.3 Å². The topological polar surface area (TPSA) is 139 Å². The number of halogens is 1. The molecule has 0 bridgehead atoms. The second-order valence-electron chi connectivity index (χ2n) is 5.48. The van der Waals surface area contributed by atoms with Crippen molar-refractivity contribution in [2.75, 3.05) is 5.32 Å². The van der Waals surface area contributed by atoms with Crippen molar-refractivity contribution in [2.24, 2.45) is 5.73 Å². The Morgan fingerprint density at radius 1 is 1.40 bits per heavy atom. The van der Waals surface area contributed by atoms with Crippen molar-refractivity contribution in [3.05, 3.63) is 35.0 Å². The van der Waals surface area contributed by atoms with Crippen LogP contribution in [-0.4, -0.2) is 35.9 Å². The summed E-state index contributed by atoms with van der Waals surface area (Å²) in [6.07, 6.45) is 1.26. The van der Waals surface area contributed by atoms with Gasteiger partial charge in [-0.15, -0.1) is 11.3 Å². The molecule has 0 aliphatic carbocycles. The predicted octanol–water partition coefficient (Wildman–Crippen LogP) is 1.44. The standard InChI is InChI=1S/C14H14ClN3O5S2/c1-14(2,21)13(20)18-11-7(10(16)19)6-9(24-11)25(22,23)12-8(15)4-3-5-17-12/h3-6,21H,1-2H3,(H2,16,19)(H,18,20). The van der Waals surface area contributed by atoms with Crippen molar-refractivity contribution >= 4 is 49.6 Å². The summed E-state index contributed by atoms with van der Waals surface area (Å²) in [4.78, 5) is 27.2. The maximum absolute atomic E-state index is 12.7. The van der Waals surface area contributed by atoms with Crippen molar-refractivity contribution < 1.29 is 23.1 Å². The van der Waals surface area contributed by atoms with E-state index >= 15 is 0 Å². The summed E-state index contributed by atoms with van der Waals surface area (Å²) in [7, 11) is -4.12. The SMILES string of the molecule is CC(C)(O)C(=O)Nc1sc(S(=O)(=O)c2ncccc2Cl)cc1C(N)=O. The molecule has 0 radical (unpaired) electrons. The van der Waals surface area contributed by atoms with E-state index in [-0.39, 0.29) is 24.8 Å². The lowest BCUT2D eigenvalue weighted by molar-refractivity contribution is -0.130. The van der Waals surface area contributed by atoms with Gasteiger partial charge in [0, 0.05) is 6.20 Å². The Morgan fingerprint density at radius 2 is 2.04 bits per heavy atom. The molecule has 0 unspecified atom stereocenters. The summed E-state index contributed by atoms with van der Waals surface area (Å²) in [5, 5.41) is 11.4. The minimum Gasteiger partial charge on any atom is -0.381 e. The van der Waals surface area contributed by atoms with E-state index in [1.807, 2.05) is 0 Å². The van der Waals surface area contributed by atoms with Gasteiger partial charge in [-0.25, -0.2) is 13.4 Å². The highest BCUT2D eigenvalue weighted by atomic mass is 35.5. The van der Waals surface area contributed by atoms with Crippen molar-refractivity contribution in [1.29, 1.82) is 0 Å². The number of nitrogens with zero attached hydrogens (tertiary/aromatic N) is 1. The number of carbonyl (C=O) groups is 2. The Kier molecular flexibility index (Phi) is 5.19. The molecule has 8 nitrogen and oxygen atoms in total. The van der Waals surface area contributed by atoms with Crippen LogP contribution in [0, 0.1) is 0 Å². The molecule has 0 fully saturated rings. The van der Waals surface area contributed by atoms with Crippen LogP contribution in [0.1, 0.15) is 24.2 Å². The summed E-state index contributed by atoms with van der Waals surface area (Å²) in [5.41, 5.74) is 3.31. The van der Waals surface area contributed by atoms with Crippen molar-refractivity contribution in [2.45, 2.75) is 28.7 Å². The molecule has 11 heteroatoms. The van der Waals surface area contributed by atoms with E-state index in [4.69, 9.17) is 17.3 Å². The van der Waals surface area contributed by atoms with E-state index in [9.17, 15) is 23.1 Å². The largest absolute Gasteiger partial charge is 0.381 e. The van der Waals surface area contributed by atoms with E-state index in [0.717, 1.165) is 6.07 Å². The molecule has 2 heterocycles. The summed E-state index contributed by atoms with van der Waals surface area (Å²) < 4.78 is 25.1. The van der Waals surface area contributed by atoms with Gasteiger partial charge in [-0.2, -0.15) is 0 Å². The number of aromatic nitrogens is 1. The van der Waals surface area contributed by atoms with Gasteiger partial charge in [0.15, 0.2) is 5.03 Å². The van der Waals surface area contributed by atoms with Crippen molar-refractivity contribution in [3.63, 3.8) is 0 Å². The van der Waals surface area contributed by atoms with Crippen LogP contribution in [0.5, 0.6) is 0 Å². The number of amides is 2. The van der Waals surface area contributed by atoms with Gasteiger partial charge in [-0.05, 0) is 32.0 Å². The molecule has 0 saturated carbocycles. The van der Waals surface area contributed by atoms with Gasteiger partial charge < -0.3 is 16.2 Å². The number of thiophene rings is 1. The third-order valence-electron chi connectivity index (χ3n) is 3.00. The first-order chi connectivity index (χ1) is 11.4. The number of pyridine rings is 1. The van der Waals surface area contributed by atoms with Crippen LogP contribution in [0.2, 0.25) is 5.02 Å². The first-order valence-electron chi connectivity index (χ1n) is 6.77. The average Bonchev–Trinajstić information content (AvgIpc) is 2.91. The first-order valence-corrected chi connectivity index (χ1v) is 9.45. The maximum Gasteiger partial charge on any atom is 0.256 e. The molecule has 2 aromatic heterocycles. The van der Waals surface area contributed by atoms with Gasteiger partial charge in [0.25, 0.3) is 11.8 Å². The molecule has 0 aromatic carbocycles. The Morgan fingerprint density at radius 3 is 2.56 bits per heavy atom. The van der Waals surface area contributed by atoms with Crippen LogP contribution in [0.3, 0.4) is 0 Å². The summed E-state index contributed by atoms with van der Waals surface area (Å²) in [6, 6.07) is 3.87. The fraction of sp³-hybridized carbons (Fsp3) is 0.214. The van der Waals surface area contributed by atoms with Crippen LogP contribution < -0.4 is 11.1 Å². The van der Waals surface area contributed by atoms with Gasteiger partial charge >= 0.3 is 0 Å². The van der Waals surface area contributed by atoms with Gasteiger partial charge in [0.1, 0.15) is 14.8 Å². The molecule has 2 aromatic rings. The number of hydrogen-bond acceptors (Lipinski definition) is 7. The molecule has 134 valence electrons. The normalized spacial score (nSPS) is 12.0. The first kappa shape index (κ1) is 19.3. The van der Waals surface area contributed by atoms with Crippen molar-refractivity contribution in [3.8, 4) is 0 Å². The zero-order chi connectivity index (χ0) is 19.0. The number of hydrogen-bond donors (Lipinski definition) is 3. The molecule has 0 atom stereocenters. The molecule has 0 aliphatic rings. The van der Waals surface area contributed by atoms with Gasteiger partial charge in [-0.1, -0.05) is 11.6 Å². The minimum atomic E-state index is -4.12. The number of anilines is 1. The monoisotopic (exact) mass is 403 g/mol. The van der Waals surface area contributed by atoms with E-state index in [2.05, 4.69) is 10.3 Å². The fourth-order valence-electron chi connectivity index (χ4n) is 1.70. The molecular weight excluding hydrogens is 390 g/mol. The van der Waals surface area contributed by atoms with Crippen LogP contribution in [0.15, 0.2) is 33.6 Å². The minimum absolute atomic E-state index is 0.0846. The Labute approximate surface area is 152 Å². The lowest BCUT2D eigenvalue weighted by atomic mass is 10.1. The zero-order valence-electron chi connectivity index (χ0n) is 13.1. The molecule has 0 saturated heterocycles. The quantitative estimate of drug-likeness (QED) is 0.690. The number of sulfone groups is 1. The number of carbonyl (C=O) groups excluding carboxylic acids is 2. The molecular formula is C14H14ClN3O5S2. The smallest absolute Gasteiger partial charge is 0.256 e. The number of nitrogens with two attached hydrogens (primary N) is 1. The summed E-state index contributed by atoms with van der Waals surface area (Å²) in [6.45, 7) is 2.48. The van der Waals surface area contributed by atoms with Gasteiger partial charge in [-0.3, -0.25) is 9.59 Å². The van der Waals surface area contributed by atoms with Crippen LogP contribution >= 0.6 is 22.9 Å². The van der Waals surface area contributed by atoms with Crippen molar-refractivity contribution in [1.82, 2.24) is 4.98 Å². The third-order valence-corrected chi connectivity index (χ3v) is 6.65. The van der Waals surface area contributed by atoms with Crippen LogP contribution in [-0.2, 0) is 14.6 Å². The third kappa shape index (κ3) is 3.98. The van der Waals surface area contributed by atoms with E-state index < -0.39 is 27.3 Å². The summed E-state index contributed by atoms with van der Waals surface area (Å²) in [5.74, 6) is -1.76. The Bertz CT molecular complexity index is 948. The second kappa shape index (κ2) is 6.71.